The summed E-state index contributed by atoms with van der Waals surface area (Å²) in [7, 11) is -4.07. The first-order chi connectivity index (χ1) is 16.6. The molecule has 0 spiro atoms. The molecular weight excluding hydrogens is 505 g/mol. The van der Waals surface area contributed by atoms with Crippen LogP contribution in [0, 0.1) is 0 Å². The number of anilines is 1. The largest absolute Gasteiger partial charge is 0.494 e. The number of hydrogen-bond donors (Lipinski definition) is 0. The fraction of sp³-hybridized carbons (Fsp3) is 0.304. The minimum absolute atomic E-state index is 0.107. The third-order valence-electron chi connectivity index (χ3n) is 5.50. The molecule has 1 aromatic heterocycles. The summed E-state index contributed by atoms with van der Waals surface area (Å²) in [4.78, 5) is 10.4. The lowest BCUT2D eigenvalue weighted by atomic mass is 10.1. The number of hydrogen-bond acceptors (Lipinski definition) is 6. The molecule has 3 aromatic rings. The molecule has 0 amide bonds. The molecule has 2 aromatic carbocycles. The number of aromatic nitrogens is 2. The number of benzene rings is 2. The summed E-state index contributed by atoms with van der Waals surface area (Å²) in [5.74, 6) is 1.22. The van der Waals surface area contributed by atoms with Gasteiger partial charge in [-0.25, -0.2) is 18.4 Å². The van der Waals surface area contributed by atoms with Crippen LogP contribution in [0.3, 0.4) is 0 Å². The Balaban J connectivity index is 1.46. The first kappa shape index (κ1) is 25.2. The summed E-state index contributed by atoms with van der Waals surface area (Å²) >= 11 is 5.92. The Labute approximate surface area is 206 Å². The zero-order valence-electron chi connectivity index (χ0n) is 18.7. The maximum atomic E-state index is 13.0. The Hall–Kier alpha value is -2.89. The first-order valence-corrected chi connectivity index (χ1v) is 12.6. The van der Waals surface area contributed by atoms with Gasteiger partial charge in [-0.1, -0.05) is 11.6 Å². The van der Waals surface area contributed by atoms with Crippen molar-refractivity contribution in [3.63, 3.8) is 0 Å². The molecule has 4 rings (SSSR count). The molecule has 1 aliphatic heterocycles. The van der Waals surface area contributed by atoms with Crippen LogP contribution >= 0.6 is 11.6 Å². The van der Waals surface area contributed by atoms with Gasteiger partial charge >= 0.3 is 6.18 Å². The van der Waals surface area contributed by atoms with E-state index in [9.17, 15) is 21.6 Å². The third-order valence-corrected chi connectivity index (χ3v) is 7.88. The molecule has 12 heteroatoms. The number of ether oxygens (including phenoxy) is 1. The maximum absolute atomic E-state index is 13.0. The van der Waals surface area contributed by atoms with Gasteiger partial charge in [0.15, 0.2) is 0 Å². The second-order valence-electron chi connectivity index (χ2n) is 7.73. The standard InChI is InChI=1S/C23H22ClF3N4O3S/c1-2-34-18-6-3-16(4-7-18)20-9-10-28-22(29-20)30-11-13-31(14-12-30)35(32,33)21-8-5-17(15-19(21)24)23(25,26)27/h3-10,15H,2,11-14H2,1H3. The molecule has 0 bridgehead atoms. The number of piperazine rings is 1. The fourth-order valence-electron chi connectivity index (χ4n) is 3.70. The van der Waals surface area contributed by atoms with Gasteiger partial charge in [0.2, 0.25) is 16.0 Å². The Bertz CT molecular complexity index is 1300. The van der Waals surface area contributed by atoms with Crippen LogP contribution in [0.2, 0.25) is 5.02 Å². The highest BCUT2D eigenvalue weighted by Gasteiger charge is 2.34. The summed E-state index contributed by atoms with van der Waals surface area (Å²) in [6.45, 7) is 3.32. The summed E-state index contributed by atoms with van der Waals surface area (Å²) in [6.07, 6.45) is -2.98. The zero-order chi connectivity index (χ0) is 25.2. The fourth-order valence-corrected chi connectivity index (χ4v) is 5.64. The summed E-state index contributed by atoms with van der Waals surface area (Å²) in [5, 5.41) is -0.464. The van der Waals surface area contributed by atoms with Gasteiger partial charge in [-0.15, -0.1) is 0 Å². The van der Waals surface area contributed by atoms with Gasteiger partial charge in [0, 0.05) is 37.9 Å². The van der Waals surface area contributed by atoms with Gasteiger partial charge in [0.05, 0.1) is 22.9 Å². The minimum Gasteiger partial charge on any atom is -0.494 e. The lowest BCUT2D eigenvalue weighted by Crippen LogP contribution is -2.49. The molecule has 186 valence electrons. The van der Waals surface area contributed by atoms with E-state index in [-0.39, 0.29) is 18.0 Å². The van der Waals surface area contributed by atoms with Crippen LogP contribution in [-0.2, 0) is 16.2 Å². The van der Waals surface area contributed by atoms with E-state index in [1.807, 2.05) is 36.1 Å². The average Bonchev–Trinajstić information content (AvgIpc) is 2.84. The van der Waals surface area contributed by atoms with Crippen LogP contribution in [0.15, 0.2) is 59.6 Å². The number of nitrogens with zero attached hydrogens (tertiary/aromatic N) is 4. The number of halogens is 4. The highest BCUT2D eigenvalue weighted by atomic mass is 35.5. The van der Waals surface area contributed by atoms with Gasteiger partial charge in [-0.2, -0.15) is 17.5 Å². The van der Waals surface area contributed by atoms with E-state index in [4.69, 9.17) is 16.3 Å². The van der Waals surface area contributed by atoms with Crippen LogP contribution < -0.4 is 9.64 Å². The van der Waals surface area contributed by atoms with Crippen LogP contribution in [0.4, 0.5) is 19.1 Å². The molecule has 1 aliphatic rings. The molecule has 0 saturated carbocycles. The Kier molecular flexibility index (Phi) is 7.20. The summed E-state index contributed by atoms with van der Waals surface area (Å²) in [5.41, 5.74) is 0.593. The smallest absolute Gasteiger partial charge is 0.416 e. The molecule has 0 N–H and O–H groups in total. The monoisotopic (exact) mass is 526 g/mol. The van der Waals surface area contributed by atoms with E-state index in [0.29, 0.717) is 37.4 Å². The highest BCUT2D eigenvalue weighted by molar-refractivity contribution is 7.89. The van der Waals surface area contributed by atoms with Crippen LogP contribution in [0.5, 0.6) is 5.75 Å². The molecular formula is C23H22ClF3N4O3S. The van der Waals surface area contributed by atoms with Crippen molar-refractivity contribution >= 4 is 27.6 Å². The third kappa shape index (κ3) is 5.52. The van der Waals surface area contributed by atoms with Gasteiger partial charge in [-0.05, 0) is 55.5 Å². The van der Waals surface area contributed by atoms with Crippen molar-refractivity contribution in [2.75, 3.05) is 37.7 Å². The predicted octanol–water partition coefficient (Wildman–Crippen LogP) is 4.73. The van der Waals surface area contributed by atoms with Crippen molar-refractivity contribution in [2.24, 2.45) is 0 Å². The lowest BCUT2D eigenvalue weighted by Gasteiger charge is -2.34. The van der Waals surface area contributed by atoms with Crippen molar-refractivity contribution in [3.8, 4) is 17.0 Å². The quantitative estimate of drug-likeness (QED) is 0.462. The van der Waals surface area contributed by atoms with Crippen molar-refractivity contribution in [2.45, 2.75) is 18.0 Å². The van der Waals surface area contributed by atoms with Gasteiger partial charge in [0.25, 0.3) is 0 Å². The molecule has 35 heavy (non-hydrogen) atoms. The highest BCUT2D eigenvalue weighted by Crippen LogP contribution is 2.34. The number of rotatable bonds is 6. The van der Waals surface area contributed by atoms with Crippen LogP contribution in [0.1, 0.15) is 12.5 Å². The molecule has 0 aliphatic carbocycles. The molecule has 2 heterocycles. The van der Waals surface area contributed by atoms with E-state index in [2.05, 4.69) is 9.97 Å². The maximum Gasteiger partial charge on any atom is 0.416 e. The molecule has 0 radical (unpaired) electrons. The molecule has 1 fully saturated rings. The predicted molar refractivity (Wildman–Crippen MR) is 126 cm³/mol. The Morgan fingerprint density at radius 3 is 2.31 bits per heavy atom. The Morgan fingerprint density at radius 2 is 1.71 bits per heavy atom. The van der Waals surface area contributed by atoms with E-state index < -0.39 is 26.8 Å². The molecule has 0 atom stereocenters. The SMILES string of the molecule is CCOc1ccc(-c2ccnc(N3CCN(S(=O)(=O)c4ccc(C(F)(F)F)cc4Cl)CC3)n2)cc1. The molecule has 7 nitrogen and oxygen atoms in total. The molecule has 1 saturated heterocycles. The van der Waals surface area contributed by atoms with Gasteiger partial charge < -0.3 is 9.64 Å². The van der Waals surface area contributed by atoms with Crippen molar-refractivity contribution in [3.05, 3.63) is 65.3 Å². The summed E-state index contributed by atoms with van der Waals surface area (Å²) < 4.78 is 71.4. The minimum atomic E-state index is -4.61. The zero-order valence-corrected chi connectivity index (χ0v) is 20.2. The number of sulfonamides is 1. The first-order valence-electron chi connectivity index (χ1n) is 10.8. The van der Waals surface area contributed by atoms with E-state index in [1.165, 1.54) is 4.31 Å². The van der Waals surface area contributed by atoms with Gasteiger partial charge in [0.1, 0.15) is 10.6 Å². The van der Waals surface area contributed by atoms with E-state index in [0.717, 1.165) is 23.4 Å². The normalized spacial score (nSPS) is 15.3. The second-order valence-corrected chi connectivity index (χ2v) is 10.0. The molecule has 0 unspecified atom stereocenters. The second kappa shape index (κ2) is 10.00. The van der Waals surface area contributed by atoms with Crippen LogP contribution in [0.25, 0.3) is 11.3 Å². The number of alkyl halides is 3. The van der Waals surface area contributed by atoms with E-state index in [1.54, 1.807) is 12.3 Å². The van der Waals surface area contributed by atoms with Crippen LogP contribution in [-0.4, -0.2) is 55.5 Å². The topological polar surface area (TPSA) is 75.6 Å². The average molecular weight is 527 g/mol. The summed E-state index contributed by atoms with van der Waals surface area (Å²) in [6, 6.07) is 11.5. The van der Waals surface area contributed by atoms with Crippen molar-refractivity contribution < 1.29 is 26.3 Å². The Morgan fingerprint density at radius 1 is 1.03 bits per heavy atom. The van der Waals surface area contributed by atoms with E-state index >= 15 is 0 Å². The lowest BCUT2D eigenvalue weighted by molar-refractivity contribution is -0.137. The van der Waals surface area contributed by atoms with Crippen molar-refractivity contribution in [1.82, 2.24) is 14.3 Å². The van der Waals surface area contributed by atoms with Gasteiger partial charge in [-0.3, -0.25) is 0 Å². The van der Waals surface area contributed by atoms with Crippen molar-refractivity contribution in [1.29, 1.82) is 0 Å².